The van der Waals surface area contributed by atoms with E-state index in [4.69, 9.17) is 2.74 Å². The van der Waals surface area contributed by atoms with Crippen molar-refractivity contribution < 1.29 is 2.74 Å². The molecule has 0 aromatic rings. The molecule has 0 heteroatoms. The van der Waals surface area contributed by atoms with Gasteiger partial charge in [0.15, 0.2) is 0 Å². The van der Waals surface area contributed by atoms with Crippen molar-refractivity contribution in [3.63, 3.8) is 0 Å². The van der Waals surface area contributed by atoms with Gasteiger partial charge >= 0.3 is 0 Å². The van der Waals surface area contributed by atoms with Crippen LogP contribution in [-0.2, 0) is 0 Å². The van der Waals surface area contributed by atoms with E-state index in [1.807, 2.05) is 6.92 Å². The van der Waals surface area contributed by atoms with Crippen LogP contribution in [0.15, 0.2) is 0 Å². The molecule has 0 aliphatic carbocycles. The van der Waals surface area contributed by atoms with Gasteiger partial charge in [-0.1, -0.05) is 33.1 Å². The van der Waals surface area contributed by atoms with Crippen molar-refractivity contribution in [1.82, 2.24) is 0 Å². The molecule has 0 radical (unpaired) electrons. The fourth-order valence-electron chi connectivity index (χ4n) is 0.204. The van der Waals surface area contributed by atoms with Crippen LogP contribution in [0.25, 0.3) is 0 Å². The summed E-state index contributed by atoms with van der Waals surface area (Å²) in [4.78, 5) is 0. The highest BCUT2D eigenvalue weighted by atomic mass is 13.7. The largest absolute Gasteiger partial charge is 0.0654 e. The lowest BCUT2D eigenvalue weighted by Crippen LogP contribution is -1.59. The smallest absolute Gasteiger partial charge is 0.0264 e. The third-order valence-corrected chi connectivity index (χ3v) is 0.493. The molecule has 0 fully saturated rings. The van der Waals surface area contributed by atoms with Gasteiger partial charge in [0.05, 0.1) is 0 Å². The summed E-state index contributed by atoms with van der Waals surface area (Å²) in [6.07, 6.45) is 1.78. The summed E-state index contributed by atoms with van der Waals surface area (Å²) in [5.41, 5.74) is 0. The molecular formula is C5H12. The zero-order chi connectivity index (χ0) is 5.70. The Hall–Kier alpha value is 0. The highest BCUT2D eigenvalue weighted by Crippen LogP contribution is 1.88. The van der Waals surface area contributed by atoms with Crippen LogP contribution in [-0.4, -0.2) is 0 Å². The second-order valence-electron chi connectivity index (χ2n) is 1.08. The average molecular weight is 74.2 g/mol. The van der Waals surface area contributed by atoms with Gasteiger partial charge in [-0.3, -0.25) is 0 Å². The molecule has 0 bridgehead atoms. The Morgan fingerprint density at radius 2 is 2.80 bits per heavy atom. The third-order valence-electron chi connectivity index (χ3n) is 0.493. The molecule has 1 atom stereocenters. The summed E-state index contributed by atoms with van der Waals surface area (Å²) in [6, 6.07) is 0. The van der Waals surface area contributed by atoms with Crippen LogP contribution in [0.4, 0.5) is 0 Å². The lowest BCUT2D eigenvalue weighted by molar-refractivity contribution is 0.772. The first kappa shape index (κ1) is 2.22. The van der Waals surface area contributed by atoms with Gasteiger partial charge in [-0.25, -0.2) is 0 Å². The van der Waals surface area contributed by atoms with Crippen LogP contribution in [0.5, 0.6) is 0 Å². The lowest BCUT2D eigenvalue weighted by Gasteiger charge is -1.79. The van der Waals surface area contributed by atoms with Crippen LogP contribution in [0, 0.1) is 0 Å². The quantitative estimate of drug-likeness (QED) is 0.471. The maximum Gasteiger partial charge on any atom is 0.0264 e. The summed E-state index contributed by atoms with van der Waals surface area (Å²) in [5.74, 6) is 0. The molecule has 32 valence electrons. The summed E-state index contributed by atoms with van der Waals surface area (Å²) < 4.78 is 13.8. The molecule has 1 unspecified atom stereocenters. The molecule has 0 amide bonds. The molecule has 0 saturated carbocycles. The maximum atomic E-state index is 7.03. The Labute approximate surface area is 37.0 Å². The van der Waals surface area contributed by atoms with E-state index in [0.717, 1.165) is 12.8 Å². The molecule has 0 spiro atoms. The Morgan fingerprint density at radius 3 is 3.00 bits per heavy atom. The summed E-state index contributed by atoms with van der Waals surface area (Å²) >= 11 is 0. The molecule has 0 rings (SSSR count). The summed E-state index contributed by atoms with van der Waals surface area (Å²) in [6.45, 7) is 2.30. The van der Waals surface area contributed by atoms with Gasteiger partial charge in [0.25, 0.3) is 0 Å². The molecule has 0 heterocycles. The number of hydrogen-bond acceptors (Lipinski definition) is 0. The average Bonchev–Trinajstić information content (AvgIpc) is 1.68. The van der Waals surface area contributed by atoms with E-state index in [-0.39, 0.29) is 13.3 Å². The molecular weight excluding hydrogens is 60.1 g/mol. The Morgan fingerprint density at radius 1 is 2.00 bits per heavy atom. The predicted octanol–water partition coefficient (Wildman–Crippen LogP) is 2.20. The van der Waals surface area contributed by atoms with Crippen molar-refractivity contribution in [2.45, 2.75) is 33.1 Å². The van der Waals surface area contributed by atoms with Crippen molar-refractivity contribution in [3.8, 4) is 0 Å². The van der Waals surface area contributed by atoms with Gasteiger partial charge in [0.2, 0.25) is 0 Å². The molecule has 0 aromatic carbocycles. The monoisotopic (exact) mass is 74.1 g/mol. The Balaban J connectivity index is 2.83. The first-order valence-electron chi connectivity index (χ1n) is 3.31. The van der Waals surface area contributed by atoms with Crippen molar-refractivity contribution in [3.05, 3.63) is 0 Å². The van der Waals surface area contributed by atoms with E-state index in [0.29, 0.717) is 0 Å². The topological polar surface area (TPSA) is 0 Å². The minimum Gasteiger partial charge on any atom is -0.0654 e. The highest BCUT2D eigenvalue weighted by molar-refractivity contribution is 4.24. The summed E-state index contributed by atoms with van der Waals surface area (Å²) in [5, 5.41) is 0. The number of rotatable bonds is 2. The minimum absolute atomic E-state index is 0.134. The van der Waals surface area contributed by atoms with Gasteiger partial charge in [-0.2, -0.15) is 0 Å². The molecule has 5 heavy (non-hydrogen) atoms. The van der Waals surface area contributed by atoms with Gasteiger partial charge in [0.1, 0.15) is 0 Å². The lowest BCUT2D eigenvalue weighted by atomic mass is 10.3. The molecule has 0 aliphatic rings. The zero-order valence-corrected chi connectivity index (χ0v) is 3.70. The number of hydrogen-bond donors (Lipinski definition) is 0. The SMILES string of the molecule is [2H]CC([2H])CCC. The Bertz CT molecular complexity index is 37.1. The fraction of sp³-hybridized carbons (Fsp3) is 1.00. The van der Waals surface area contributed by atoms with Gasteiger partial charge in [-0.05, 0) is 0 Å². The van der Waals surface area contributed by atoms with Crippen molar-refractivity contribution in [2.75, 3.05) is 0 Å². The fourth-order valence-corrected chi connectivity index (χ4v) is 0.204. The Kier molecular flexibility index (Phi) is 1.78. The van der Waals surface area contributed by atoms with Gasteiger partial charge in [-0.15, -0.1) is 0 Å². The van der Waals surface area contributed by atoms with Crippen LogP contribution >= 0.6 is 0 Å². The van der Waals surface area contributed by atoms with Crippen molar-refractivity contribution >= 4 is 0 Å². The second-order valence-corrected chi connectivity index (χ2v) is 1.08. The maximum absolute atomic E-state index is 7.03. The van der Waals surface area contributed by atoms with E-state index in [1.54, 1.807) is 0 Å². The van der Waals surface area contributed by atoms with Gasteiger partial charge in [0, 0.05) is 2.74 Å². The standard InChI is InChI=1S/C5H12/c1-3-5-4-2/h3-5H2,1-2H3/i1D,3D. The van der Waals surface area contributed by atoms with Crippen LogP contribution in [0.2, 0.25) is 0 Å². The second kappa shape index (κ2) is 4.00. The van der Waals surface area contributed by atoms with Crippen molar-refractivity contribution in [1.29, 1.82) is 0 Å². The molecule has 0 aliphatic heterocycles. The first-order valence-corrected chi connectivity index (χ1v) is 2.02. The van der Waals surface area contributed by atoms with Crippen LogP contribution in [0.1, 0.15) is 35.8 Å². The normalized spacial score (nSPS) is 20.2. The van der Waals surface area contributed by atoms with E-state index in [2.05, 4.69) is 0 Å². The van der Waals surface area contributed by atoms with Crippen LogP contribution in [0.3, 0.4) is 0 Å². The van der Waals surface area contributed by atoms with E-state index in [1.165, 1.54) is 0 Å². The molecule has 0 N–H and O–H groups in total. The molecule has 0 saturated heterocycles. The minimum atomic E-state index is -0.134. The molecule has 0 nitrogen and oxygen atoms in total. The van der Waals surface area contributed by atoms with E-state index < -0.39 is 0 Å². The van der Waals surface area contributed by atoms with Crippen molar-refractivity contribution in [2.24, 2.45) is 0 Å². The first-order chi connectivity index (χ1) is 3.31. The predicted molar refractivity (Wildman–Crippen MR) is 25.2 cm³/mol. The van der Waals surface area contributed by atoms with Gasteiger partial charge < -0.3 is 0 Å². The third kappa shape index (κ3) is 4.00. The van der Waals surface area contributed by atoms with Crippen LogP contribution < -0.4 is 0 Å². The highest BCUT2D eigenvalue weighted by Gasteiger charge is 1.68. The molecule has 0 aromatic heterocycles. The zero-order valence-electron chi connectivity index (χ0n) is 5.70. The van der Waals surface area contributed by atoms with E-state index >= 15 is 0 Å². The van der Waals surface area contributed by atoms with E-state index in [9.17, 15) is 0 Å². The summed E-state index contributed by atoms with van der Waals surface area (Å²) in [7, 11) is 0.